The molecule has 8 heteroatoms. The number of nitro benzene ring substituents is 1. The minimum absolute atomic E-state index is 0.00966. The first kappa shape index (κ1) is 23.7. The average molecular weight is 480 g/mol. The van der Waals surface area contributed by atoms with Crippen molar-refractivity contribution in [2.75, 3.05) is 26.2 Å². The summed E-state index contributed by atoms with van der Waals surface area (Å²) in [5, 5.41) is 11.7. The topological polar surface area (TPSA) is 75.9 Å². The number of amides is 1. The van der Waals surface area contributed by atoms with Crippen molar-refractivity contribution < 1.29 is 14.5 Å². The molecule has 7 nitrogen and oxygen atoms in total. The van der Waals surface area contributed by atoms with Crippen LogP contribution in [0.4, 0.5) is 5.69 Å². The molecule has 1 fully saturated rings. The standard InChI is InChI=1S/C26H26ClN3O4/c1-19-14-24(8-9-25(19)30(32)33)34-18-21-5-2-6-22(15-21)26(31)29-12-10-28(11-13-29)17-20-4-3-7-23(27)16-20/h2-9,14-16H,10-13,17-18H2,1H3. The number of carbonyl (C=O) groups excluding carboxylic acids is 1. The zero-order chi connectivity index (χ0) is 24.1. The minimum Gasteiger partial charge on any atom is -0.489 e. The van der Waals surface area contributed by atoms with Crippen molar-refractivity contribution in [2.24, 2.45) is 0 Å². The molecule has 0 aliphatic carbocycles. The van der Waals surface area contributed by atoms with Gasteiger partial charge in [0.1, 0.15) is 12.4 Å². The van der Waals surface area contributed by atoms with Crippen molar-refractivity contribution in [3.63, 3.8) is 0 Å². The Hall–Kier alpha value is -3.42. The highest BCUT2D eigenvalue weighted by Crippen LogP contribution is 2.24. The number of piperazine rings is 1. The quantitative estimate of drug-likeness (QED) is 0.348. The maximum absolute atomic E-state index is 13.1. The predicted octanol–water partition coefficient (Wildman–Crippen LogP) is 5.09. The van der Waals surface area contributed by atoms with Crippen molar-refractivity contribution in [3.8, 4) is 5.75 Å². The van der Waals surface area contributed by atoms with E-state index in [4.69, 9.17) is 16.3 Å². The molecule has 1 amide bonds. The highest BCUT2D eigenvalue weighted by molar-refractivity contribution is 6.30. The molecule has 0 radical (unpaired) electrons. The van der Waals surface area contributed by atoms with Crippen molar-refractivity contribution in [2.45, 2.75) is 20.1 Å². The SMILES string of the molecule is Cc1cc(OCc2cccc(C(=O)N3CCN(Cc4cccc(Cl)c4)CC3)c2)ccc1[N+](=O)[O-]. The molecule has 4 rings (SSSR count). The number of hydrogen-bond acceptors (Lipinski definition) is 5. The molecule has 0 atom stereocenters. The van der Waals surface area contributed by atoms with Gasteiger partial charge in [-0.15, -0.1) is 0 Å². The monoisotopic (exact) mass is 479 g/mol. The number of ether oxygens (including phenoxy) is 1. The molecule has 3 aromatic rings. The lowest BCUT2D eigenvalue weighted by Crippen LogP contribution is -2.48. The zero-order valence-corrected chi connectivity index (χ0v) is 19.7. The molecule has 1 aliphatic rings. The number of aryl methyl sites for hydroxylation is 1. The van der Waals surface area contributed by atoms with E-state index in [2.05, 4.69) is 11.0 Å². The Bertz CT molecular complexity index is 1190. The Kier molecular flexibility index (Phi) is 7.45. The first-order valence-electron chi connectivity index (χ1n) is 11.1. The molecule has 0 saturated carbocycles. The van der Waals surface area contributed by atoms with Gasteiger partial charge in [0, 0.05) is 54.9 Å². The lowest BCUT2D eigenvalue weighted by atomic mass is 10.1. The van der Waals surface area contributed by atoms with Gasteiger partial charge in [-0.05, 0) is 54.4 Å². The Balaban J connectivity index is 1.32. The predicted molar refractivity (Wildman–Crippen MR) is 131 cm³/mol. The van der Waals surface area contributed by atoms with Crippen LogP contribution in [0.5, 0.6) is 5.75 Å². The van der Waals surface area contributed by atoms with E-state index in [1.807, 2.05) is 47.4 Å². The van der Waals surface area contributed by atoms with E-state index < -0.39 is 4.92 Å². The van der Waals surface area contributed by atoms with E-state index in [1.54, 1.807) is 19.1 Å². The molecule has 0 N–H and O–H groups in total. The summed E-state index contributed by atoms with van der Waals surface area (Å²) in [6.07, 6.45) is 0. The van der Waals surface area contributed by atoms with Gasteiger partial charge in [0.2, 0.25) is 0 Å². The van der Waals surface area contributed by atoms with Gasteiger partial charge < -0.3 is 9.64 Å². The molecule has 1 aliphatic heterocycles. The molecule has 0 unspecified atom stereocenters. The Morgan fingerprint density at radius 2 is 1.74 bits per heavy atom. The zero-order valence-electron chi connectivity index (χ0n) is 18.9. The Labute approximate surface area is 203 Å². The minimum atomic E-state index is -0.411. The Morgan fingerprint density at radius 3 is 2.44 bits per heavy atom. The van der Waals surface area contributed by atoms with Crippen LogP contribution in [0, 0.1) is 17.0 Å². The smallest absolute Gasteiger partial charge is 0.272 e. The van der Waals surface area contributed by atoms with Crippen LogP contribution in [-0.4, -0.2) is 46.8 Å². The normalized spacial score (nSPS) is 14.1. The number of nitro groups is 1. The van der Waals surface area contributed by atoms with E-state index >= 15 is 0 Å². The number of rotatable bonds is 7. The van der Waals surface area contributed by atoms with Gasteiger partial charge in [0.25, 0.3) is 11.6 Å². The first-order chi connectivity index (χ1) is 16.4. The van der Waals surface area contributed by atoms with Crippen LogP contribution in [-0.2, 0) is 13.2 Å². The summed E-state index contributed by atoms with van der Waals surface area (Å²) in [7, 11) is 0. The second kappa shape index (κ2) is 10.7. The van der Waals surface area contributed by atoms with Gasteiger partial charge in [0.05, 0.1) is 4.92 Å². The summed E-state index contributed by atoms with van der Waals surface area (Å²) in [6.45, 7) is 5.72. The van der Waals surface area contributed by atoms with Gasteiger partial charge in [0.15, 0.2) is 0 Å². The van der Waals surface area contributed by atoms with Crippen LogP contribution in [0.15, 0.2) is 66.7 Å². The van der Waals surface area contributed by atoms with E-state index in [0.717, 1.165) is 30.2 Å². The summed E-state index contributed by atoms with van der Waals surface area (Å²) >= 11 is 6.08. The summed E-state index contributed by atoms with van der Waals surface area (Å²) in [5.41, 5.74) is 3.27. The van der Waals surface area contributed by atoms with Crippen LogP contribution < -0.4 is 4.74 Å². The molecule has 34 heavy (non-hydrogen) atoms. The largest absolute Gasteiger partial charge is 0.489 e. The summed E-state index contributed by atoms with van der Waals surface area (Å²) in [5.74, 6) is 0.561. The van der Waals surface area contributed by atoms with Crippen LogP contribution >= 0.6 is 11.6 Å². The summed E-state index contributed by atoms with van der Waals surface area (Å²) < 4.78 is 5.80. The second-order valence-corrected chi connectivity index (χ2v) is 8.83. The molecule has 3 aromatic carbocycles. The fourth-order valence-corrected chi connectivity index (χ4v) is 4.28. The molecular weight excluding hydrogens is 454 g/mol. The van der Waals surface area contributed by atoms with E-state index in [9.17, 15) is 14.9 Å². The van der Waals surface area contributed by atoms with E-state index in [-0.39, 0.29) is 18.2 Å². The molecule has 1 heterocycles. The van der Waals surface area contributed by atoms with Crippen LogP contribution in [0.3, 0.4) is 0 Å². The van der Waals surface area contributed by atoms with E-state index in [0.29, 0.717) is 30.0 Å². The number of hydrogen-bond donors (Lipinski definition) is 0. The van der Waals surface area contributed by atoms with Crippen molar-refractivity contribution in [1.82, 2.24) is 9.80 Å². The molecule has 176 valence electrons. The average Bonchev–Trinajstić information content (AvgIpc) is 2.83. The highest BCUT2D eigenvalue weighted by atomic mass is 35.5. The van der Waals surface area contributed by atoms with Gasteiger partial charge in [-0.25, -0.2) is 0 Å². The maximum atomic E-state index is 13.1. The third-order valence-electron chi connectivity index (χ3n) is 5.90. The Morgan fingerprint density at radius 1 is 1.00 bits per heavy atom. The van der Waals surface area contributed by atoms with Crippen molar-refractivity contribution >= 4 is 23.2 Å². The summed E-state index contributed by atoms with van der Waals surface area (Å²) in [4.78, 5) is 27.8. The lowest BCUT2D eigenvalue weighted by molar-refractivity contribution is -0.385. The van der Waals surface area contributed by atoms with Gasteiger partial charge in [-0.2, -0.15) is 0 Å². The van der Waals surface area contributed by atoms with Crippen LogP contribution in [0.2, 0.25) is 5.02 Å². The molecule has 1 saturated heterocycles. The first-order valence-corrected chi connectivity index (χ1v) is 11.5. The third-order valence-corrected chi connectivity index (χ3v) is 6.13. The van der Waals surface area contributed by atoms with Crippen molar-refractivity contribution in [1.29, 1.82) is 0 Å². The third kappa shape index (κ3) is 5.92. The second-order valence-electron chi connectivity index (χ2n) is 8.39. The number of benzene rings is 3. The van der Waals surface area contributed by atoms with Gasteiger partial charge >= 0.3 is 0 Å². The molecular formula is C26H26ClN3O4. The number of nitrogens with zero attached hydrogens (tertiary/aromatic N) is 3. The molecule has 0 aromatic heterocycles. The fraction of sp³-hybridized carbons (Fsp3) is 0.269. The van der Waals surface area contributed by atoms with Crippen molar-refractivity contribution in [3.05, 3.63) is 104 Å². The van der Waals surface area contributed by atoms with Gasteiger partial charge in [-0.1, -0.05) is 35.9 Å². The van der Waals surface area contributed by atoms with E-state index in [1.165, 1.54) is 11.6 Å². The van der Waals surface area contributed by atoms with Gasteiger partial charge in [-0.3, -0.25) is 19.8 Å². The maximum Gasteiger partial charge on any atom is 0.272 e. The fourth-order valence-electron chi connectivity index (χ4n) is 4.07. The van der Waals surface area contributed by atoms with Crippen LogP contribution in [0.25, 0.3) is 0 Å². The van der Waals surface area contributed by atoms with Crippen LogP contribution in [0.1, 0.15) is 27.0 Å². The molecule has 0 spiro atoms. The number of carbonyl (C=O) groups is 1. The number of halogens is 1. The highest BCUT2D eigenvalue weighted by Gasteiger charge is 2.22. The summed E-state index contributed by atoms with van der Waals surface area (Å²) in [6, 6.07) is 20.0. The lowest BCUT2D eigenvalue weighted by Gasteiger charge is -2.35. The molecule has 0 bridgehead atoms.